The van der Waals surface area contributed by atoms with Crippen LogP contribution in [-0.4, -0.2) is 36.5 Å². The van der Waals surface area contributed by atoms with E-state index in [9.17, 15) is 13.2 Å². The number of rotatable bonds is 6. The highest BCUT2D eigenvalue weighted by Crippen LogP contribution is 2.21. The fourth-order valence-electron chi connectivity index (χ4n) is 2.81. The van der Waals surface area contributed by atoms with Crippen LogP contribution in [0.2, 0.25) is 0 Å². The summed E-state index contributed by atoms with van der Waals surface area (Å²) in [6.07, 6.45) is 0. The monoisotopic (exact) mass is 597 g/mol. The maximum atomic E-state index is 12.6. The van der Waals surface area contributed by atoms with Gasteiger partial charge in [-0.1, -0.05) is 0 Å². The quantitative estimate of drug-likeness (QED) is 0.291. The number of sulfonamides is 1. The molecule has 2 aromatic carbocycles. The lowest BCUT2D eigenvalue weighted by molar-refractivity contribution is 0.0977. The topological polar surface area (TPSA) is 122 Å². The maximum absolute atomic E-state index is 12.6. The van der Waals surface area contributed by atoms with E-state index in [1.807, 2.05) is 0 Å². The maximum Gasteiger partial charge on any atom is 0.264 e. The predicted molar refractivity (Wildman–Crippen MR) is 138 cm³/mol. The molecule has 9 nitrogen and oxygen atoms in total. The molecular formula is C21H20IN5O4S2. The number of anilines is 2. The summed E-state index contributed by atoms with van der Waals surface area (Å²) in [5.41, 5.74) is 2.23. The second kappa shape index (κ2) is 10.4. The Labute approximate surface area is 210 Å². The third kappa shape index (κ3) is 6.58. The van der Waals surface area contributed by atoms with Crippen molar-refractivity contribution in [2.24, 2.45) is 0 Å². The molecule has 3 rings (SSSR count). The van der Waals surface area contributed by atoms with Gasteiger partial charge in [0.05, 0.1) is 15.6 Å². The van der Waals surface area contributed by atoms with E-state index in [0.29, 0.717) is 28.4 Å². The number of benzene rings is 2. The first-order valence-corrected chi connectivity index (χ1v) is 12.5. The molecule has 0 unspecified atom stereocenters. The van der Waals surface area contributed by atoms with Crippen molar-refractivity contribution in [3.05, 3.63) is 69.1 Å². The number of halogens is 1. The van der Waals surface area contributed by atoms with Crippen LogP contribution in [0.15, 0.2) is 53.4 Å². The number of thiocarbonyl (C=S) groups is 1. The number of ether oxygens (including phenoxy) is 1. The van der Waals surface area contributed by atoms with Crippen molar-refractivity contribution in [3.63, 3.8) is 0 Å². The number of hydrogen-bond acceptors (Lipinski definition) is 7. The van der Waals surface area contributed by atoms with Gasteiger partial charge in [-0.25, -0.2) is 23.1 Å². The molecule has 1 heterocycles. The molecule has 1 amide bonds. The summed E-state index contributed by atoms with van der Waals surface area (Å²) >= 11 is 7.27. The Balaban J connectivity index is 1.64. The molecule has 0 spiro atoms. The van der Waals surface area contributed by atoms with Crippen LogP contribution in [0.5, 0.6) is 5.75 Å². The third-order valence-electron chi connectivity index (χ3n) is 4.27. The molecule has 0 atom stereocenters. The van der Waals surface area contributed by atoms with Crippen LogP contribution in [0.1, 0.15) is 21.7 Å². The van der Waals surface area contributed by atoms with Crippen LogP contribution in [0.4, 0.5) is 11.6 Å². The van der Waals surface area contributed by atoms with E-state index >= 15 is 0 Å². The Hall–Kier alpha value is -2.84. The molecule has 0 aliphatic carbocycles. The van der Waals surface area contributed by atoms with Gasteiger partial charge >= 0.3 is 0 Å². The van der Waals surface area contributed by atoms with Gasteiger partial charge < -0.3 is 10.1 Å². The first-order chi connectivity index (χ1) is 15.6. The molecule has 0 fully saturated rings. The zero-order chi connectivity index (χ0) is 24.2. The second-order valence-electron chi connectivity index (χ2n) is 6.86. The van der Waals surface area contributed by atoms with E-state index in [1.165, 1.54) is 24.3 Å². The number of nitrogens with zero attached hydrogens (tertiary/aromatic N) is 2. The van der Waals surface area contributed by atoms with E-state index in [-0.39, 0.29) is 21.9 Å². The minimum absolute atomic E-state index is 0.00628. The van der Waals surface area contributed by atoms with Crippen LogP contribution < -0.4 is 20.1 Å². The number of nitrogens with one attached hydrogen (secondary N) is 3. The van der Waals surface area contributed by atoms with Gasteiger partial charge in [-0.15, -0.1) is 0 Å². The predicted octanol–water partition coefficient (Wildman–Crippen LogP) is 3.63. The number of hydrogen-bond donors (Lipinski definition) is 3. The molecule has 12 heteroatoms. The van der Waals surface area contributed by atoms with Crippen LogP contribution in [0.25, 0.3) is 0 Å². The van der Waals surface area contributed by atoms with Gasteiger partial charge in [0, 0.05) is 22.6 Å². The Kier molecular flexibility index (Phi) is 7.81. The van der Waals surface area contributed by atoms with Gasteiger partial charge in [0.15, 0.2) is 5.11 Å². The Morgan fingerprint density at radius 2 is 1.67 bits per heavy atom. The van der Waals surface area contributed by atoms with Gasteiger partial charge in [-0.05, 0) is 97.2 Å². The Bertz CT molecular complexity index is 1290. The van der Waals surface area contributed by atoms with E-state index in [4.69, 9.17) is 17.0 Å². The van der Waals surface area contributed by atoms with Crippen LogP contribution >= 0.6 is 34.8 Å². The van der Waals surface area contributed by atoms with Gasteiger partial charge in [0.1, 0.15) is 5.75 Å². The average molecular weight is 597 g/mol. The fourth-order valence-corrected chi connectivity index (χ4v) is 4.70. The lowest BCUT2D eigenvalue weighted by Gasteiger charge is -2.12. The summed E-state index contributed by atoms with van der Waals surface area (Å²) in [4.78, 5) is 20.6. The molecule has 0 saturated heterocycles. The van der Waals surface area contributed by atoms with Gasteiger partial charge in [-0.2, -0.15) is 0 Å². The lowest BCUT2D eigenvalue weighted by Crippen LogP contribution is -2.34. The molecule has 1 aromatic heterocycles. The Morgan fingerprint density at radius 1 is 1.03 bits per heavy atom. The lowest BCUT2D eigenvalue weighted by atomic mass is 10.2. The van der Waals surface area contributed by atoms with Crippen LogP contribution in [0, 0.1) is 17.4 Å². The van der Waals surface area contributed by atoms with E-state index in [1.54, 1.807) is 45.2 Å². The summed E-state index contributed by atoms with van der Waals surface area (Å²) < 4.78 is 33.6. The number of carbonyl (C=O) groups is 1. The van der Waals surface area contributed by atoms with Crippen molar-refractivity contribution in [1.82, 2.24) is 15.3 Å². The number of aromatic nitrogens is 2. The van der Waals surface area contributed by atoms with Gasteiger partial charge in [0.2, 0.25) is 5.95 Å². The summed E-state index contributed by atoms with van der Waals surface area (Å²) in [6.45, 7) is 3.51. The Morgan fingerprint density at radius 3 is 2.24 bits per heavy atom. The normalized spacial score (nSPS) is 10.9. The molecule has 0 saturated carbocycles. The summed E-state index contributed by atoms with van der Waals surface area (Å²) in [6, 6.07) is 12.6. The SMILES string of the molecule is COc1ccc(C(=O)NC(=S)Nc2ccc(S(=O)(=O)Nc3nc(C)cc(C)n3)cc2)cc1I. The van der Waals surface area contributed by atoms with E-state index in [0.717, 1.165) is 3.57 Å². The fraction of sp³-hybridized carbons (Fsp3) is 0.143. The summed E-state index contributed by atoms with van der Waals surface area (Å²) in [7, 11) is -2.32. The minimum Gasteiger partial charge on any atom is -0.496 e. The first-order valence-electron chi connectivity index (χ1n) is 9.48. The highest BCUT2D eigenvalue weighted by Gasteiger charge is 2.16. The molecule has 0 radical (unpaired) electrons. The van der Waals surface area contributed by atoms with Crippen LogP contribution in [-0.2, 0) is 10.0 Å². The summed E-state index contributed by atoms with van der Waals surface area (Å²) in [5.74, 6) is 0.290. The van der Waals surface area contributed by atoms with Crippen molar-refractivity contribution in [1.29, 1.82) is 0 Å². The smallest absolute Gasteiger partial charge is 0.264 e. The third-order valence-corrected chi connectivity index (χ3v) is 6.66. The molecular weight excluding hydrogens is 577 g/mol. The average Bonchev–Trinajstić information content (AvgIpc) is 2.72. The zero-order valence-electron chi connectivity index (χ0n) is 17.8. The minimum atomic E-state index is -3.87. The number of amides is 1. The molecule has 3 N–H and O–H groups in total. The van der Waals surface area contributed by atoms with Crippen LogP contribution in [0.3, 0.4) is 0 Å². The number of aryl methyl sites for hydroxylation is 2. The molecule has 0 aliphatic rings. The molecule has 0 bridgehead atoms. The number of methoxy groups -OCH3 is 1. The number of carbonyl (C=O) groups excluding carboxylic acids is 1. The highest BCUT2D eigenvalue weighted by atomic mass is 127. The summed E-state index contributed by atoms with van der Waals surface area (Å²) in [5, 5.41) is 5.52. The van der Waals surface area contributed by atoms with Crippen molar-refractivity contribution in [2.75, 3.05) is 17.1 Å². The van der Waals surface area contributed by atoms with Crippen molar-refractivity contribution in [2.45, 2.75) is 18.7 Å². The molecule has 33 heavy (non-hydrogen) atoms. The molecule has 172 valence electrons. The van der Waals surface area contributed by atoms with Crippen molar-refractivity contribution in [3.8, 4) is 5.75 Å². The molecule has 0 aliphatic heterocycles. The van der Waals surface area contributed by atoms with Crippen molar-refractivity contribution < 1.29 is 17.9 Å². The second-order valence-corrected chi connectivity index (χ2v) is 10.1. The highest BCUT2D eigenvalue weighted by molar-refractivity contribution is 14.1. The van der Waals surface area contributed by atoms with Crippen molar-refractivity contribution >= 4 is 67.5 Å². The van der Waals surface area contributed by atoms with Gasteiger partial charge in [0.25, 0.3) is 15.9 Å². The van der Waals surface area contributed by atoms with E-state index < -0.39 is 10.0 Å². The zero-order valence-corrected chi connectivity index (χ0v) is 21.6. The van der Waals surface area contributed by atoms with Gasteiger partial charge in [-0.3, -0.25) is 10.1 Å². The largest absolute Gasteiger partial charge is 0.496 e. The first kappa shape index (κ1) is 24.8. The molecule has 3 aromatic rings. The standard InChI is InChI=1S/C21H20IN5O4S2/c1-12-10-13(2)24-20(23-12)27-33(29,30)16-7-5-15(6-8-16)25-21(32)26-19(28)14-4-9-18(31-3)17(22)11-14/h4-11H,1-3H3,(H,23,24,27)(H2,25,26,28,32). The van der Waals surface area contributed by atoms with E-state index in [2.05, 4.69) is 47.9 Å².